The molecule has 2 nitrogen and oxygen atoms in total. The van der Waals surface area contributed by atoms with Gasteiger partial charge in [0.05, 0.1) is 0 Å². The monoisotopic (exact) mass is 254 g/mol. The van der Waals surface area contributed by atoms with Crippen LogP contribution in [0.4, 0.5) is 0 Å². The predicted octanol–water partition coefficient (Wildman–Crippen LogP) is 2.66. The highest BCUT2D eigenvalue weighted by atomic mass is 32.1. The van der Waals surface area contributed by atoms with Crippen LogP contribution in [0.3, 0.4) is 0 Å². The average Bonchev–Trinajstić information content (AvgIpc) is 2.66. The first-order chi connectivity index (χ1) is 8.06. The van der Waals surface area contributed by atoms with Crippen LogP contribution in [-0.2, 0) is 12.8 Å². The zero-order valence-corrected chi connectivity index (χ0v) is 12.1. The SMILES string of the molecule is CC(C)Cc1ccc(CC(C)C(CN)CN)s1. The lowest BCUT2D eigenvalue weighted by molar-refractivity contribution is 0.374. The van der Waals surface area contributed by atoms with Crippen LogP contribution in [0.15, 0.2) is 12.1 Å². The van der Waals surface area contributed by atoms with Gasteiger partial charge in [0, 0.05) is 9.75 Å². The van der Waals surface area contributed by atoms with Crippen LogP contribution < -0.4 is 11.5 Å². The van der Waals surface area contributed by atoms with E-state index in [4.69, 9.17) is 11.5 Å². The zero-order valence-electron chi connectivity index (χ0n) is 11.3. The fourth-order valence-electron chi connectivity index (χ4n) is 2.09. The standard InChI is InChI=1S/C14H26N2S/c1-10(2)6-13-4-5-14(17-13)7-11(3)12(8-15)9-16/h4-5,10-12H,6-9,15-16H2,1-3H3. The summed E-state index contributed by atoms with van der Waals surface area (Å²) in [4.78, 5) is 2.97. The van der Waals surface area contributed by atoms with Gasteiger partial charge in [0.25, 0.3) is 0 Å². The van der Waals surface area contributed by atoms with Crippen LogP contribution in [0, 0.1) is 17.8 Å². The quantitative estimate of drug-likeness (QED) is 0.786. The van der Waals surface area contributed by atoms with E-state index in [1.54, 1.807) is 0 Å². The Labute approximate surface area is 109 Å². The van der Waals surface area contributed by atoms with Gasteiger partial charge in [-0.15, -0.1) is 11.3 Å². The van der Waals surface area contributed by atoms with Crippen molar-refractivity contribution in [2.45, 2.75) is 33.6 Å². The number of thiophene rings is 1. The Morgan fingerprint density at radius 3 is 2.00 bits per heavy atom. The molecule has 0 spiro atoms. The topological polar surface area (TPSA) is 52.0 Å². The number of nitrogens with two attached hydrogens (primary N) is 2. The van der Waals surface area contributed by atoms with E-state index in [-0.39, 0.29) is 0 Å². The Balaban J connectivity index is 2.53. The molecule has 0 aliphatic rings. The van der Waals surface area contributed by atoms with Crippen molar-refractivity contribution >= 4 is 11.3 Å². The summed E-state index contributed by atoms with van der Waals surface area (Å²) in [5.41, 5.74) is 11.5. The normalized spacial score (nSPS) is 13.6. The van der Waals surface area contributed by atoms with Gasteiger partial charge in [0.2, 0.25) is 0 Å². The van der Waals surface area contributed by atoms with Crippen LogP contribution in [-0.4, -0.2) is 13.1 Å². The van der Waals surface area contributed by atoms with Gasteiger partial charge < -0.3 is 11.5 Å². The van der Waals surface area contributed by atoms with Crippen molar-refractivity contribution in [1.29, 1.82) is 0 Å². The van der Waals surface area contributed by atoms with Gasteiger partial charge in [0.15, 0.2) is 0 Å². The van der Waals surface area contributed by atoms with Crippen molar-refractivity contribution in [3.8, 4) is 0 Å². The summed E-state index contributed by atoms with van der Waals surface area (Å²) in [5, 5.41) is 0. The van der Waals surface area contributed by atoms with E-state index in [9.17, 15) is 0 Å². The fourth-order valence-corrected chi connectivity index (χ4v) is 3.46. The molecule has 1 heterocycles. The Morgan fingerprint density at radius 1 is 1.00 bits per heavy atom. The van der Waals surface area contributed by atoms with Crippen LogP contribution in [0.25, 0.3) is 0 Å². The Morgan fingerprint density at radius 2 is 1.53 bits per heavy atom. The van der Waals surface area contributed by atoms with Gasteiger partial charge in [-0.25, -0.2) is 0 Å². The van der Waals surface area contributed by atoms with Gasteiger partial charge in [-0.3, -0.25) is 0 Å². The van der Waals surface area contributed by atoms with E-state index in [1.807, 2.05) is 11.3 Å². The fraction of sp³-hybridized carbons (Fsp3) is 0.714. The molecule has 98 valence electrons. The molecule has 0 bridgehead atoms. The smallest absolute Gasteiger partial charge is 0.00509 e. The lowest BCUT2D eigenvalue weighted by atomic mass is 9.91. The lowest BCUT2D eigenvalue weighted by Crippen LogP contribution is -2.29. The molecule has 0 aliphatic heterocycles. The van der Waals surface area contributed by atoms with E-state index in [2.05, 4.69) is 32.9 Å². The molecule has 3 heteroatoms. The third kappa shape index (κ3) is 4.78. The summed E-state index contributed by atoms with van der Waals surface area (Å²) in [7, 11) is 0. The maximum absolute atomic E-state index is 5.73. The predicted molar refractivity (Wildman–Crippen MR) is 77.3 cm³/mol. The van der Waals surface area contributed by atoms with Crippen molar-refractivity contribution in [1.82, 2.24) is 0 Å². The van der Waals surface area contributed by atoms with Gasteiger partial charge in [0.1, 0.15) is 0 Å². The third-order valence-electron chi connectivity index (χ3n) is 3.26. The second-order valence-electron chi connectivity index (χ2n) is 5.38. The summed E-state index contributed by atoms with van der Waals surface area (Å²) in [5.74, 6) is 1.76. The first kappa shape index (κ1) is 14.7. The maximum Gasteiger partial charge on any atom is 0.00509 e. The summed E-state index contributed by atoms with van der Waals surface area (Å²) in [6.07, 6.45) is 2.30. The van der Waals surface area contributed by atoms with Crippen LogP contribution in [0.1, 0.15) is 30.5 Å². The molecule has 1 rings (SSSR count). The van der Waals surface area contributed by atoms with E-state index < -0.39 is 0 Å². The highest BCUT2D eigenvalue weighted by Crippen LogP contribution is 2.24. The highest BCUT2D eigenvalue weighted by Gasteiger charge is 2.15. The largest absolute Gasteiger partial charge is 0.330 e. The Hall–Kier alpha value is -0.380. The van der Waals surface area contributed by atoms with E-state index in [1.165, 1.54) is 16.2 Å². The van der Waals surface area contributed by atoms with Gasteiger partial charge in [-0.1, -0.05) is 20.8 Å². The van der Waals surface area contributed by atoms with Crippen LogP contribution >= 0.6 is 11.3 Å². The van der Waals surface area contributed by atoms with Crippen molar-refractivity contribution in [2.24, 2.45) is 29.2 Å². The minimum Gasteiger partial charge on any atom is -0.330 e. The molecule has 0 saturated carbocycles. The lowest BCUT2D eigenvalue weighted by Gasteiger charge is -2.19. The molecular weight excluding hydrogens is 228 g/mol. The Bertz CT molecular complexity index is 316. The minimum absolute atomic E-state index is 0.450. The molecule has 17 heavy (non-hydrogen) atoms. The van der Waals surface area contributed by atoms with Gasteiger partial charge in [-0.2, -0.15) is 0 Å². The Kier molecular flexibility index (Phi) is 6.17. The first-order valence-electron chi connectivity index (χ1n) is 6.54. The first-order valence-corrected chi connectivity index (χ1v) is 7.36. The summed E-state index contributed by atoms with van der Waals surface area (Å²) < 4.78 is 0. The molecule has 1 atom stereocenters. The molecule has 0 aliphatic carbocycles. The maximum atomic E-state index is 5.73. The molecular formula is C14H26N2S. The van der Waals surface area contributed by atoms with Crippen molar-refractivity contribution in [3.05, 3.63) is 21.9 Å². The van der Waals surface area contributed by atoms with E-state index in [0.717, 1.165) is 12.3 Å². The second-order valence-corrected chi connectivity index (χ2v) is 6.63. The zero-order chi connectivity index (χ0) is 12.8. The van der Waals surface area contributed by atoms with Crippen LogP contribution in [0.5, 0.6) is 0 Å². The van der Waals surface area contributed by atoms with E-state index in [0.29, 0.717) is 24.9 Å². The number of hydrogen-bond acceptors (Lipinski definition) is 3. The molecule has 0 amide bonds. The molecule has 4 N–H and O–H groups in total. The summed E-state index contributed by atoms with van der Waals surface area (Å²) >= 11 is 1.95. The second kappa shape index (κ2) is 7.14. The molecule has 1 aromatic heterocycles. The van der Waals surface area contributed by atoms with Crippen LogP contribution in [0.2, 0.25) is 0 Å². The molecule has 0 aromatic carbocycles. The van der Waals surface area contributed by atoms with Crippen molar-refractivity contribution in [2.75, 3.05) is 13.1 Å². The summed E-state index contributed by atoms with van der Waals surface area (Å²) in [6, 6.07) is 4.54. The molecule has 0 fully saturated rings. The van der Waals surface area contributed by atoms with E-state index >= 15 is 0 Å². The van der Waals surface area contributed by atoms with Gasteiger partial charge in [-0.05, 0) is 55.8 Å². The highest BCUT2D eigenvalue weighted by molar-refractivity contribution is 7.11. The third-order valence-corrected chi connectivity index (χ3v) is 4.39. The number of hydrogen-bond donors (Lipinski definition) is 2. The molecule has 1 unspecified atom stereocenters. The average molecular weight is 254 g/mol. The van der Waals surface area contributed by atoms with Crippen molar-refractivity contribution in [3.63, 3.8) is 0 Å². The molecule has 0 saturated heterocycles. The van der Waals surface area contributed by atoms with Gasteiger partial charge >= 0.3 is 0 Å². The van der Waals surface area contributed by atoms with Crippen molar-refractivity contribution < 1.29 is 0 Å². The summed E-state index contributed by atoms with van der Waals surface area (Å²) in [6.45, 7) is 8.18. The molecule has 0 radical (unpaired) electrons. The minimum atomic E-state index is 0.450. The number of rotatable bonds is 7. The molecule has 1 aromatic rings.